The highest BCUT2D eigenvalue weighted by molar-refractivity contribution is 9.10. The van der Waals surface area contributed by atoms with E-state index in [0.717, 1.165) is 10.3 Å². The van der Waals surface area contributed by atoms with Gasteiger partial charge in [0.05, 0.1) is 5.69 Å². The Labute approximate surface area is 103 Å². The Kier molecular flexibility index (Phi) is 3.14. The number of benzene rings is 1. The first-order chi connectivity index (χ1) is 7.66. The first-order valence-corrected chi connectivity index (χ1v) is 5.72. The van der Waals surface area contributed by atoms with E-state index in [1.165, 1.54) is 5.56 Å². The number of nitrogens with zero attached hydrogens (tertiary/aromatic N) is 2. The molecule has 0 spiro atoms. The van der Waals surface area contributed by atoms with E-state index in [1.54, 1.807) is 10.9 Å². The van der Waals surface area contributed by atoms with Gasteiger partial charge >= 0.3 is 0 Å². The van der Waals surface area contributed by atoms with Crippen molar-refractivity contribution in [3.8, 4) is 0 Å². The van der Waals surface area contributed by atoms with E-state index in [1.807, 2.05) is 25.2 Å². The molecular weight excluding hydrogens is 268 g/mol. The predicted octanol–water partition coefficient (Wildman–Crippen LogP) is 2.38. The van der Waals surface area contributed by atoms with Gasteiger partial charge in [0.1, 0.15) is 0 Å². The molecule has 0 aliphatic carbocycles. The third kappa shape index (κ3) is 2.36. The molecule has 1 aromatic carbocycles. The molecule has 0 aliphatic heterocycles. The number of hydrogen-bond donors (Lipinski definition) is 2. The molecule has 0 amide bonds. The summed E-state index contributed by atoms with van der Waals surface area (Å²) in [5, 5.41) is 7.42. The fourth-order valence-electron chi connectivity index (χ4n) is 1.46. The fourth-order valence-corrected chi connectivity index (χ4v) is 1.89. The third-order valence-electron chi connectivity index (χ3n) is 2.26. The number of rotatable bonds is 3. The quantitative estimate of drug-likeness (QED) is 0.908. The van der Waals surface area contributed by atoms with Gasteiger partial charge in [0, 0.05) is 24.3 Å². The summed E-state index contributed by atoms with van der Waals surface area (Å²) in [6, 6.07) is 8.06. The molecule has 0 atom stereocenters. The topological polar surface area (TPSA) is 55.9 Å². The van der Waals surface area contributed by atoms with Crippen molar-refractivity contribution in [1.82, 2.24) is 9.78 Å². The summed E-state index contributed by atoms with van der Waals surface area (Å²) >= 11 is 3.50. The van der Waals surface area contributed by atoms with Crippen LogP contribution in [0.3, 0.4) is 0 Å². The number of nitrogen functional groups attached to an aromatic ring is 1. The highest BCUT2D eigenvalue weighted by Crippen LogP contribution is 2.19. The zero-order chi connectivity index (χ0) is 11.5. The molecule has 0 unspecified atom stereocenters. The molecule has 0 fully saturated rings. The second-order valence-corrected chi connectivity index (χ2v) is 4.41. The molecule has 2 aromatic rings. The second kappa shape index (κ2) is 4.57. The number of anilines is 2. The number of hydrogen-bond acceptors (Lipinski definition) is 3. The molecule has 0 radical (unpaired) electrons. The van der Waals surface area contributed by atoms with Crippen LogP contribution in [0.2, 0.25) is 0 Å². The number of nitrogens with one attached hydrogen (secondary N) is 1. The smallest absolute Gasteiger partial charge is 0.171 e. The maximum Gasteiger partial charge on any atom is 0.171 e. The van der Waals surface area contributed by atoms with Gasteiger partial charge in [-0.15, -0.1) is 0 Å². The highest BCUT2D eigenvalue weighted by atomic mass is 79.9. The van der Waals surface area contributed by atoms with E-state index in [-0.39, 0.29) is 0 Å². The lowest BCUT2D eigenvalue weighted by molar-refractivity contribution is 0.768. The van der Waals surface area contributed by atoms with Gasteiger partial charge in [-0.2, -0.15) is 5.10 Å². The van der Waals surface area contributed by atoms with Crippen molar-refractivity contribution in [2.45, 2.75) is 6.54 Å². The summed E-state index contributed by atoms with van der Waals surface area (Å²) in [5.74, 6) is 0.721. The lowest BCUT2D eigenvalue weighted by atomic mass is 10.2. The minimum Gasteiger partial charge on any atom is -0.394 e. The Balaban J connectivity index is 2.08. The predicted molar refractivity (Wildman–Crippen MR) is 69.1 cm³/mol. The molecule has 0 bridgehead atoms. The van der Waals surface area contributed by atoms with Crippen LogP contribution in [0.15, 0.2) is 34.9 Å². The minimum absolute atomic E-state index is 0.662. The molecule has 0 saturated carbocycles. The summed E-state index contributed by atoms with van der Waals surface area (Å²) < 4.78 is 2.77. The van der Waals surface area contributed by atoms with Crippen LogP contribution >= 0.6 is 15.9 Å². The fraction of sp³-hybridized carbons (Fsp3) is 0.182. The molecule has 5 heteroatoms. The molecule has 3 N–H and O–H groups in total. The first-order valence-electron chi connectivity index (χ1n) is 4.93. The Morgan fingerprint density at radius 2 is 2.19 bits per heavy atom. The summed E-state index contributed by atoms with van der Waals surface area (Å²) in [4.78, 5) is 0. The Morgan fingerprint density at radius 3 is 2.81 bits per heavy atom. The zero-order valence-corrected chi connectivity index (χ0v) is 10.5. The normalized spacial score (nSPS) is 10.4. The van der Waals surface area contributed by atoms with Crippen molar-refractivity contribution in [3.63, 3.8) is 0 Å². The van der Waals surface area contributed by atoms with Crippen molar-refractivity contribution in [1.29, 1.82) is 0 Å². The van der Waals surface area contributed by atoms with Crippen molar-refractivity contribution in [2.75, 3.05) is 11.1 Å². The summed E-state index contributed by atoms with van der Waals surface area (Å²) in [7, 11) is 1.85. The van der Waals surface area contributed by atoms with Gasteiger partial charge in [0.25, 0.3) is 0 Å². The summed E-state index contributed by atoms with van der Waals surface area (Å²) in [5.41, 5.74) is 7.62. The molecule has 0 aliphatic rings. The van der Waals surface area contributed by atoms with Crippen LogP contribution in [0.1, 0.15) is 5.56 Å². The van der Waals surface area contributed by atoms with E-state index in [9.17, 15) is 0 Å². The van der Waals surface area contributed by atoms with E-state index in [2.05, 4.69) is 32.4 Å². The summed E-state index contributed by atoms with van der Waals surface area (Å²) in [6.45, 7) is 0.697. The van der Waals surface area contributed by atoms with E-state index >= 15 is 0 Å². The molecule has 1 aromatic heterocycles. The van der Waals surface area contributed by atoms with Crippen LogP contribution in [0, 0.1) is 0 Å². The molecule has 4 nitrogen and oxygen atoms in total. The van der Waals surface area contributed by atoms with Crippen molar-refractivity contribution in [2.24, 2.45) is 7.05 Å². The van der Waals surface area contributed by atoms with Crippen LogP contribution in [-0.4, -0.2) is 9.78 Å². The maximum absolute atomic E-state index is 5.79. The molecular formula is C11H13BrN4. The van der Waals surface area contributed by atoms with Crippen LogP contribution in [0.5, 0.6) is 0 Å². The Bertz CT molecular complexity index is 492. The van der Waals surface area contributed by atoms with Gasteiger partial charge in [0.15, 0.2) is 5.82 Å². The average Bonchev–Trinajstić information content (AvgIpc) is 2.56. The van der Waals surface area contributed by atoms with E-state index < -0.39 is 0 Å². The van der Waals surface area contributed by atoms with Crippen LogP contribution < -0.4 is 11.1 Å². The average molecular weight is 281 g/mol. The number of aromatic nitrogens is 2. The molecule has 1 heterocycles. The largest absolute Gasteiger partial charge is 0.394 e. The lowest BCUT2D eigenvalue weighted by Crippen LogP contribution is -2.03. The summed E-state index contributed by atoms with van der Waals surface area (Å²) in [6.07, 6.45) is 1.78. The minimum atomic E-state index is 0.662. The molecule has 0 saturated heterocycles. The SMILES string of the molecule is Cn1cc(N)c(NCc2ccccc2Br)n1. The van der Waals surface area contributed by atoms with Crippen molar-refractivity contribution in [3.05, 3.63) is 40.5 Å². The lowest BCUT2D eigenvalue weighted by Gasteiger charge is -2.05. The standard InChI is InChI=1S/C11H13BrN4/c1-16-7-10(13)11(15-16)14-6-8-4-2-3-5-9(8)12/h2-5,7H,6,13H2,1H3,(H,14,15). The first kappa shape index (κ1) is 11.0. The molecule has 2 rings (SSSR count). The highest BCUT2D eigenvalue weighted by Gasteiger charge is 2.04. The molecule has 16 heavy (non-hydrogen) atoms. The Hall–Kier alpha value is -1.49. The number of halogens is 1. The van der Waals surface area contributed by atoms with Gasteiger partial charge in [-0.25, -0.2) is 0 Å². The third-order valence-corrected chi connectivity index (χ3v) is 3.03. The number of nitrogens with two attached hydrogens (primary N) is 1. The molecule has 84 valence electrons. The van der Waals surface area contributed by atoms with Crippen LogP contribution in [0.25, 0.3) is 0 Å². The maximum atomic E-state index is 5.79. The van der Waals surface area contributed by atoms with E-state index in [0.29, 0.717) is 12.2 Å². The van der Waals surface area contributed by atoms with Crippen LogP contribution in [-0.2, 0) is 13.6 Å². The second-order valence-electron chi connectivity index (χ2n) is 3.55. The van der Waals surface area contributed by atoms with Crippen molar-refractivity contribution < 1.29 is 0 Å². The Morgan fingerprint density at radius 1 is 1.44 bits per heavy atom. The van der Waals surface area contributed by atoms with E-state index in [4.69, 9.17) is 5.73 Å². The van der Waals surface area contributed by atoms with Gasteiger partial charge in [-0.05, 0) is 11.6 Å². The zero-order valence-electron chi connectivity index (χ0n) is 8.94. The van der Waals surface area contributed by atoms with Crippen LogP contribution in [0.4, 0.5) is 11.5 Å². The monoisotopic (exact) mass is 280 g/mol. The number of aryl methyl sites for hydroxylation is 1. The van der Waals surface area contributed by atoms with Gasteiger partial charge in [-0.3, -0.25) is 4.68 Å². The van der Waals surface area contributed by atoms with Crippen molar-refractivity contribution >= 4 is 27.4 Å². The van der Waals surface area contributed by atoms with Gasteiger partial charge in [-0.1, -0.05) is 34.1 Å². The van der Waals surface area contributed by atoms with Gasteiger partial charge < -0.3 is 11.1 Å². The van der Waals surface area contributed by atoms with Gasteiger partial charge in [0.2, 0.25) is 0 Å².